The molecule has 8 heteroatoms. The highest BCUT2D eigenvalue weighted by Crippen LogP contribution is 2.77. The van der Waals surface area contributed by atoms with E-state index in [2.05, 4.69) is 13.8 Å². The van der Waals surface area contributed by atoms with Crippen LogP contribution in [0.2, 0.25) is 0 Å². The quantitative estimate of drug-likeness (QED) is 0.289. The zero-order valence-corrected chi connectivity index (χ0v) is 23.1. The van der Waals surface area contributed by atoms with Gasteiger partial charge in [0.15, 0.2) is 6.29 Å². The minimum absolute atomic E-state index is 0.00624. The third kappa shape index (κ3) is 3.16. The van der Waals surface area contributed by atoms with Crippen LogP contribution in [0.15, 0.2) is 11.6 Å². The van der Waals surface area contributed by atoms with Gasteiger partial charge in [0.1, 0.15) is 23.9 Å². The monoisotopic (exact) mass is 532 g/mol. The number of rotatable bonds is 3. The Kier molecular flexibility index (Phi) is 5.63. The summed E-state index contributed by atoms with van der Waals surface area (Å²) in [6.45, 7) is 8.67. The Bertz CT molecular complexity index is 1050. The van der Waals surface area contributed by atoms with Crippen molar-refractivity contribution < 1.29 is 39.1 Å². The molecule has 8 nitrogen and oxygen atoms in total. The number of fused-ring (bicyclic) bond motifs is 3. The van der Waals surface area contributed by atoms with Gasteiger partial charge >= 0.3 is 5.97 Å². The average Bonchev–Trinajstić information content (AvgIpc) is 3.32. The maximum Gasteiger partial charge on any atom is 0.331 e. The van der Waals surface area contributed by atoms with Crippen molar-refractivity contribution in [2.24, 2.45) is 34.5 Å². The Morgan fingerprint density at radius 3 is 2.55 bits per heavy atom. The van der Waals surface area contributed by atoms with Crippen LogP contribution in [-0.4, -0.2) is 75.9 Å². The standard InChI is InChI=1S/C30H44O8/c1-15-24(32)16(2)36-26(25(15)33)37-19-5-8-27(3)18(12-19)13-22-30(38-22)21(27)7-9-28(4)20(6-10-29(28,30)34)17-11-23(31)35-14-17/h11,15-16,18-22,24-26,32-34H,5-10,12-14H2,1-4H3/t15-,16?,18-,19-,20+,21?,22-,24+,25?,26-,27-,28+,29+,30+/m0/s1. The molecule has 212 valence electrons. The summed E-state index contributed by atoms with van der Waals surface area (Å²) >= 11 is 0. The second-order valence-corrected chi connectivity index (χ2v) is 14.2. The fourth-order valence-electron chi connectivity index (χ4n) is 10.5. The summed E-state index contributed by atoms with van der Waals surface area (Å²) in [6, 6.07) is 0. The van der Waals surface area contributed by atoms with Crippen LogP contribution in [0.25, 0.3) is 0 Å². The van der Waals surface area contributed by atoms with Crippen molar-refractivity contribution in [3.8, 4) is 0 Å². The summed E-state index contributed by atoms with van der Waals surface area (Å²) in [5, 5.41) is 33.5. The molecule has 0 radical (unpaired) electrons. The van der Waals surface area contributed by atoms with E-state index in [1.807, 2.05) is 13.8 Å². The van der Waals surface area contributed by atoms with E-state index in [1.54, 1.807) is 6.08 Å². The number of carbonyl (C=O) groups is 1. The molecule has 0 aromatic carbocycles. The Morgan fingerprint density at radius 1 is 1.03 bits per heavy atom. The second kappa shape index (κ2) is 8.26. The molecule has 7 rings (SSSR count). The van der Waals surface area contributed by atoms with Crippen LogP contribution < -0.4 is 0 Å². The molecular formula is C30H44O8. The van der Waals surface area contributed by atoms with Gasteiger partial charge in [0.2, 0.25) is 0 Å². The van der Waals surface area contributed by atoms with Gasteiger partial charge in [-0.3, -0.25) is 0 Å². The fourth-order valence-corrected chi connectivity index (χ4v) is 10.5. The molecule has 3 heterocycles. The lowest BCUT2D eigenvalue weighted by Gasteiger charge is -2.62. The van der Waals surface area contributed by atoms with Crippen molar-refractivity contribution in [2.45, 2.75) is 127 Å². The summed E-state index contributed by atoms with van der Waals surface area (Å²) < 4.78 is 24.2. The molecule has 0 bridgehead atoms. The van der Waals surface area contributed by atoms with Gasteiger partial charge in [0, 0.05) is 17.4 Å². The number of hydrogen-bond donors (Lipinski definition) is 3. The number of epoxide rings is 1. The van der Waals surface area contributed by atoms with Crippen LogP contribution >= 0.6 is 0 Å². The van der Waals surface area contributed by atoms with E-state index in [0.29, 0.717) is 24.9 Å². The highest BCUT2D eigenvalue weighted by atomic mass is 16.7. The molecule has 7 aliphatic rings. The topological polar surface area (TPSA) is 118 Å². The van der Waals surface area contributed by atoms with Crippen molar-refractivity contribution in [1.29, 1.82) is 0 Å². The van der Waals surface area contributed by atoms with Gasteiger partial charge in [-0.2, -0.15) is 0 Å². The van der Waals surface area contributed by atoms with E-state index in [1.165, 1.54) is 0 Å². The van der Waals surface area contributed by atoms with E-state index in [4.69, 9.17) is 18.9 Å². The number of carbonyl (C=O) groups excluding carboxylic acids is 1. The number of aliphatic hydroxyl groups excluding tert-OH is 2. The zero-order chi connectivity index (χ0) is 26.8. The Hall–Kier alpha value is -1.03. The number of hydrogen-bond acceptors (Lipinski definition) is 8. The van der Waals surface area contributed by atoms with E-state index in [-0.39, 0.29) is 46.9 Å². The van der Waals surface area contributed by atoms with Crippen LogP contribution in [0.3, 0.4) is 0 Å². The minimum atomic E-state index is -0.904. The molecule has 1 spiro atoms. The maximum atomic E-state index is 12.6. The molecule has 3 unspecified atom stereocenters. The summed E-state index contributed by atoms with van der Waals surface area (Å²) in [6.07, 6.45) is 6.25. The lowest BCUT2D eigenvalue weighted by Crippen LogP contribution is -2.68. The third-order valence-electron chi connectivity index (χ3n) is 12.8. The first-order valence-corrected chi connectivity index (χ1v) is 14.9. The summed E-state index contributed by atoms with van der Waals surface area (Å²) in [5.74, 6) is 0.300. The third-order valence-corrected chi connectivity index (χ3v) is 12.8. The molecule has 3 N–H and O–H groups in total. The predicted octanol–water partition coefficient (Wildman–Crippen LogP) is 2.86. The normalized spacial score (nSPS) is 59.2. The largest absolute Gasteiger partial charge is 0.458 e. The van der Waals surface area contributed by atoms with Gasteiger partial charge in [-0.1, -0.05) is 20.8 Å². The minimum Gasteiger partial charge on any atom is -0.458 e. The summed E-state index contributed by atoms with van der Waals surface area (Å²) in [7, 11) is 0. The van der Waals surface area contributed by atoms with Crippen LogP contribution in [0.5, 0.6) is 0 Å². The number of aliphatic hydroxyl groups is 3. The molecule has 2 saturated heterocycles. The van der Waals surface area contributed by atoms with Gasteiger partial charge < -0.3 is 34.3 Å². The van der Waals surface area contributed by atoms with E-state index in [0.717, 1.165) is 50.5 Å². The molecular weight excluding hydrogens is 488 g/mol. The molecule has 6 fully saturated rings. The lowest BCUT2D eigenvalue weighted by molar-refractivity contribution is -0.298. The molecule has 0 aromatic rings. The van der Waals surface area contributed by atoms with E-state index >= 15 is 0 Å². The van der Waals surface area contributed by atoms with E-state index < -0.39 is 29.7 Å². The van der Waals surface area contributed by atoms with Crippen LogP contribution in [-0.2, 0) is 23.7 Å². The first-order chi connectivity index (χ1) is 17.9. The van der Waals surface area contributed by atoms with Crippen molar-refractivity contribution in [1.82, 2.24) is 0 Å². The van der Waals surface area contributed by atoms with Crippen molar-refractivity contribution in [3.05, 3.63) is 11.6 Å². The fraction of sp³-hybridized carbons (Fsp3) is 0.900. The summed E-state index contributed by atoms with van der Waals surface area (Å²) in [4.78, 5) is 11.8. The van der Waals surface area contributed by atoms with Crippen LogP contribution in [0.1, 0.15) is 79.1 Å². The molecule has 14 atom stereocenters. The first kappa shape index (κ1) is 25.9. The van der Waals surface area contributed by atoms with Gasteiger partial charge in [-0.15, -0.1) is 0 Å². The Morgan fingerprint density at radius 2 is 1.82 bits per heavy atom. The number of ether oxygens (including phenoxy) is 4. The SMILES string of the molecule is CC1O[C@@H](O[C@H]2CC[C@]3(C)C4CC[C@]5(C)[C@@H](C6=CC(=O)OC6)CC[C@]5(O)[C@@]45O[C@H]5C[C@@H]3C2)C(O)[C@@H](C)[C@H]1O. The summed E-state index contributed by atoms with van der Waals surface area (Å²) in [5.41, 5.74) is -0.633. The van der Waals surface area contributed by atoms with Crippen LogP contribution in [0.4, 0.5) is 0 Å². The van der Waals surface area contributed by atoms with Crippen molar-refractivity contribution in [3.63, 3.8) is 0 Å². The number of cyclic esters (lactones) is 1. The second-order valence-electron chi connectivity index (χ2n) is 14.2. The smallest absolute Gasteiger partial charge is 0.331 e. The molecule has 0 amide bonds. The molecule has 3 aliphatic heterocycles. The first-order valence-electron chi connectivity index (χ1n) is 14.9. The van der Waals surface area contributed by atoms with Gasteiger partial charge in [0.25, 0.3) is 0 Å². The number of esters is 1. The van der Waals surface area contributed by atoms with Crippen molar-refractivity contribution >= 4 is 5.97 Å². The van der Waals surface area contributed by atoms with Gasteiger partial charge in [0.05, 0.1) is 24.4 Å². The lowest BCUT2D eigenvalue weighted by atomic mass is 9.43. The Labute approximate surface area is 225 Å². The Balaban J connectivity index is 1.10. The zero-order valence-electron chi connectivity index (χ0n) is 23.1. The van der Waals surface area contributed by atoms with Crippen molar-refractivity contribution in [2.75, 3.05) is 6.61 Å². The highest BCUT2D eigenvalue weighted by molar-refractivity contribution is 5.85. The predicted molar refractivity (Wildman–Crippen MR) is 136 cm³/mol. The van der Waals surface area contributed by atoms with Gasteiger partial charge in [-0.05, 0) is 87.0 Å². The van der Waals surface area contributed by atoms with E-state index in [9.17, 15) is 20.1 Å². The molecule has 4 saturated carbocycles. The maximum absolute atomic E-state index is 12.6. The molecule has 0 aromatic heterocycles. The average molecular weight is 533 g/mol. The molecule has 38 heavy (non-hydrogen) atoms. The van der Waals surface area contributed by atoms with Crippen LogP contribution in [0, 0.1) is 34.5 Å². The highest BCUT2D eigenvalue weighted by Gasteiger charge is 2.84. The van der Waals surface area contributed by atoms with Gasteiger partial charge in [-0.25, -0.2) is 4.79 Å². The molecule has 4 aliphatic carbocycles.